The number of aryl methyl sites for hydroxylation is 3. The van der Waals surface area contributed by atoms with E-state index in [1.54, 1.807) is 31.2 Å². The summed E-state index contributed by atoms with van der Waals surface area (Å²) in [7, 11) is -2.73. The molecule has 1 N–H and O–H groups in total. The number of rotatable bonds is 13. The lowest BCUT2D eigenvalue weighted by molar-refractivity contribution is -0.139. The summed E-state index contributed by atoms with van der Waals surface area (Å²) in [6, 6.07) is 18.5. The first kappa shape index (κ1) is 31.7. The largest absolute Gasteiger partial charge is 0.495 e. The minimum atomic E-state index is -4.19. The molecule has 0 saturated heterocycles. The van der Waals surface area contributed by atoms with Gasteiger partial charge in [0.2, 0.25) is 11.8 Å². The van der Waals surface area contributed by atoms with Crippen LogP contribution in [0.5, 0.6) is 5.75 Å². The predicted octanol–water partition coefficient (Wildman–Crippen LogP) is 5.15. The number of nitrogens with one attached hydrogen (secondary N) is 1. The van der Waals surface area contributed by atoms with Gasteiger partial charge in [0, 0.05) is 13.1 Å². The van der Waals surface area contributed by atoms with Crippen molar-refractivity contribution in [3.8, 4) is 5.75 Å². The van der Waals surface area contributed by atoms with Crippen LogP contribution in [0.15, 0.2) is 71.6 Å². The number of hydrogen-bond donors (Lipinski definition) is 1. The average molecular weight is 580 g/mol. The lowest BCUT2D eigenvalue weighted by atomic mass is 10.1. The third-order valence-electron chi connectivity index (χ3n) is 6.92. The zero-order valence-corrected chi connectivity index (χ0v) is 25.6. The van der Waals surface area contributed by atoms with E-state index in [1.165, 1.54) is 24.1 Å². The molecule has 0 aliphatic rings. The van der Waals surface area contributed by atoms with Crippen molar-refractivity contribution in [1.29, 1.82) is 0 Å². The van der Waals surface area contributed by atoms with Crippen molar-refractivity contribution in [3.05, 3.63) is 89.0 Å². The van der Waals surface area contributed by atoms with E-state index in [0.29, 0.717) is 12.3 Å². The quantitative estimate of drug-likeness (QED) is 0.283. The van der Waals surface area contributed by atoms with Gasteiger partial charge in [-0.25, -0.2) is 8.42 Å². The van der Waals surface area contributed by atoms with Gasteiger partial charge in [0.15, 0.2) is 0 Å². The molecule has 0 heterocycles. The standard InChI is InChI=1S/C32H41N3O5S/c1-7-8-18-33-32(37)26(5)34(21-27-11-9-10-24(3)19-27)31(36)22-35(29-20-25(4)14-17-30(29)40-6)41(38,39)28-15-12-23(2)13-16-28/h9-17,19-20,26H,7-8,18,21-22H2,1-6H3,(H,33,37)/t26-/m0/s1. The molecular weight excluding hydrogens is 538 g/mol. The molecule has 3 aromatic rings. The second-order valence-electron chi connectivity index (χ2n) is 10.3. The Balaban J connectivity index is 2.07. The molecule has 0 aromatic heterocycles. The summed E-state index contributed by atoms with van der Waals surface area (Å²) in [5.74, 6) is -0.487. The molecule has 8 nitrogen and oxygen atoms in total. The normalized spacial score (nSPS) is 12.0. The minimum absolute atomic E-state index is 0.0510. The van der Waals surface area contributed by atoms with Gasteiger partial charge in [0.1, 0.15) is 18.3 Å². The van der Waals surface area contributed by atoms with Crippen LogP contribution in [-0.4, -0.2) is 51.4 Å². The maximum Gasteiger partial charge on any atom is 0.264 e. The molecule has 220 valence electrons. The molecule has 9 heteroatoms. The Morgan fingerprint density at radius 2 is 1.59 bits per heavy atom. The molecule has 3 aromatic carbocycles. The van der Waals surface area contributed by atoms with Crippen molar-refractivity contribution < 1.29 is 22.7 Å². The second kappa shape index (κ2) is 14.2. The summed E-state index contributed by atoms with van der Waals surface area (Å²) in [5.41, 5.74) is 3.82. The van der Waals surface area contributed by atoms with Gasteiger partial charge in [-0.3, -0.25) is 13.9 Å². The highest BCUT2D eigenvalue weighted by Gasteiger charge is 2.33. The molecule has 0 aliphatic heterocycles. The number of hydrogen-bond acceptors (Lipinski definition) is 5. The Hall–Kier alpha value is -3.85. The number of nitrogens with zero attached hydrogens (tertiary/aromatic N) is 2. The zero-order valence-electron chi connectivity index (χ0n) is 24.8. The third-order valence-corrected chi connectivity index (χ3v) is 8.70. The highest BCUT2D eigenvalue weighted by atomic mass is 32.2. The number of benzene rings is 3. The van der Waals surface area contributed by atoms with E-state index >= 15 is 0 Å². The molecular formula is C32H41N3O5S. The van der Waals surface area contributed by atoms with E-state index in [2.05, 4.69) is 5.32 Å². The first-order chi connectivity index (χ1) is 19.5. The van der Waals surface area contributed by atoms with Crippen LogP contribution in [0.25, 0.3) is 0 Å². The first-order valence-corrected chi connectivity index (χ1v) is 15.3. The molecule has 0 bridgehead atoms. The van der Waals surface area contributed by atoms with E-state index < -0.39 is 28.5 Å². The average Bonchev–Trinajstić information content (AvgIpc) is 2.94. The minimum Gasteiger partial charge on any atom is -0.495 e. The van der Waals surface area contributed by atoms with E-state index in [4.69, 9.17) is 4.74 Å². The molecule has 2 amide bonds. The Labute approximate surface area is 244 Å². The fourth-order valence-electron chi connectivity index (χ4n) is 4.47. The van der Waals surface area contributed by atoms with Gasteiger partial charge in [-0.2, -0.15) is 0 Å². The fourth-order valence-corrected chi connectivity index (χ4v) is 5.89. The highest BCUT2D eigenvalue weighted by molar-refractivity contribution is 7.92. The number of methoxy groups -OCH3 is 1. The Kier molecular flexibility index (Phi) is 10.9. The van der Waals surface area contributed by atoms with Gasteiger partial charge in [-0.1, -0.05) is 66.9 Å². The van der Waals surface area contributed by atoms with Crippen molar-refractivity contribution in [3.63, 3.8) is 0 Å². The topological polar surface area (TPSA) is 96.0 Å². The molecule has 0 radical (unpaired) electrons. The molecule has 0 spiro atoms. The Morgan fingerprint density at radius 3 is 2.22 bits per heavy atom. The van der Waals surface area contributed by atoms with Crippen molar-refractivity contribution in [2.75, 3.05) is 24.5 Å². The number of sulfonamides is 1. The van der Waals surface area contributed by atoms with Crippen molar-refractivity contribution in [2.45, 2.75) is 64.9 Å². The first-order valence-electron chi connectivity index (χ1n) is 13.8. The maximum atomic E-state index is 14.1. The molecule has 0 fully saturated rings. The van der Waals surface area contributed by atoms with Crippen LogP contribution >= 0.6 is 0 Å². The van der Waals surface area contributed by atoms with Gasteiger partial charge < -0.3 is 15.0 Å². The van der Waals surface area contributed by atoms with Crippen LogP contribution < -0.4 is 14.4 Å². The molecule has 3 rings (SSSR count). The molecule has 0 aliphatic carbocycles. The van der Waals surface area contributed by atoms with E-state index in [1.807, 2.05) is 58.0 Å². The number of amides is 2. The predicted molar refractivity (Wildman–Crippen MR) is 163 cm³/mol. The number of unbranched alkanes of at least 4 members (excludes halogenated alkanes) is 1. The van der Waals surface area contributed by atoms with Crippen LogP contribution in [0.1, 0.15) is 48.9 Å². The summed E-state index contributed by atoms with van der Waals surface area (Å²) < 4.78 is 34.8. The number of anilines is 1. The van der Waals surface area contributed by atoms with Crippen LogP contribution in [0.2, 0.25) is 0 Å². The second-order valence-corrected chi connectivity index (χ2v) is 12.2. The maximum absolute atomic E-state index is 14.1. The van der Waals surface area contributed by atoms with Crippen molar-refractivity contribution in [1.82, 2.24) is 10.2 Å². The van der Waals surface area contributed by atoms with Gasteiger partial charge in [0.05, 0.1) is 17.7 Å². The number of ether oxygens (including phenoxy) is 1. The third kappa shape index (κ3) is 8.10. The van der Waals surface area contributed by atoms with E-state index in [0.717, 1.165) is 39.4 Å². The lowest BCUT2D eigenvalue weighted by Crippen LogP contribution is -2.51. The molecule has 1 atom stereocenters. The Bertz CT molecular complexity index is 1450. The van der Waals surface area contributed by atoms with Crippen LogP contribution in [0.3, 0.4) is 0 Å². The highest BCUT2D eigenvalue weighted by Crippen LogP contribution is 2.34. The van der Waals surface area contributed by atoms with Crippen molar-refractivity contribution >= 4 is 27.5 Å². The van der Waals surface area contributed by atoms with Gasteiger partial charge in [0.25, 0.3) is 10.0 Å². The SMILES string of the molecule is CCCCNC(=O)[C@H](C)N(Cc1cccc(C)c1)C(=O)CN(c1cc(C)ccc1OC)S(=O)(=O)c1ccc(C)cc1. The number of carbonyl (C=O) groups is 2. The number of carbonyl (C=O) groups excluding carboxylic acids is 2. The summed E-state index contributed by atoms with van der Waals surface area (Å²) in [5, 5.41) is 2.90. The molecule has 0 unspecified atom stereocenters. The van der Waals surface area contributed by atoms with Gasteiger partial charge in [-0.15, -0.1) is 0 Å². The van der Waals surface area contributed by atoms with Crippen LogP contribution in [0, 0.1) is 20.8 Å². The molecule has 41 heavy (non-hydrogen) atoms. The zero-order chi connectivity index (χ0) is 30.2. The molecule has 0 saturated carbocycles. The van der Waals surface area contributed by atoms with Crippen LogP contribution in [-0.2, 0) is 26.2 Å². The summed E-state index contributed by atoms with van der Waals surface area (Å²) in [6.07, 6.45) is 1.74. The summed E-state index contributed by atoms with van der Waals surface area (Å²) in [6.45, 7) is 9.50. The van der Waals surface area contributed by atoms with Gasteiger partial charge in [-0.05, 0) is 69.5 Å². The van der Waals surface area contributed by atoms with E-state index in [9.17, 15) is 18.0 Å². The van der Waals surface area contributed by atoms with Crippen molar-refractivity contribution in [2.24, 2.45) is 0 Å². The van der Waals surface area contributed by atoms with E-state index in [-0.39, 0.29) is 23.0 Å². The summed E-state index contributed by atoms with van der Waals surface area (Å²) in [4.78, 5) is 28.7. The van der Waals surface area contributed by atoms with Crippen LogP contribution in [0.4, 0.5) is 5.69 Å². The smallest absolute Gasteiger partial charge is 0.264 e. The lowest BCUT2D eigenvalue weighted by Gasteiger charge is -2.32. The Morgan fingerprint density at radius 1 is 0.927 bits per heavy atom. The monoisotopic (exact) mass is 579 g/mol. The van der Waals surface area contributed by atoms with Gasteiger partial charge >= 0.3 is 0 Å². The fraction of sp³-hybridized carbons (Fsp3) is 0.375. The summed E-state index contributed by atoms with van der Waals surface area (Å²) >= 11 is 0.